The molecule has 0 atom stereocenters. The molecule has 0 aliphatic heterocycles. The minimum absolute atomic E-state index is 0.0399. The van der Waals surface area contributed by atoms with Gasteiger partial charge in [0.1, 0.15) is 24.7 Å². The molecule has 0 fully saturated rings. The Balaban J connectivity index is 2.06. The van der Waals surface area contributed by atoms with Gasteiger partial charge in [0.05, 0.1) is 4.90 Å². The Morgan fingerprint density at radius 2 is 1.68 bits per heavy atom. The maximum atomic E-state index is 12.5. The number of carbonyl (C=O) groups is 1. The number of esters is 1. The van der Waals surface area contributed by atoms with Crippen molar-refractivity contribution in [2.75, 3.05) is 20.2 Å². The first kappa shape index (κ1) is 18.7. The van der Waals surface area contributed by atoms with Crippen molar-refractivity contribution in [3.05, 3.63) is 67.3 Å². The molecule has 132 valence electrons. The van der Waals surface area contributed by atoms with Crippen LogP contribution >= 0.6 is 0 Å². The maximum Gasteiger partial charge on any atom is 0.321 e. The van der Waals surface area contributed by atoms with Gasteiger partial charge in [0.25, 0.3) is 0 Å². The third-order valence-electron chi connectivity index (χ3n) is 3.22. The lowest BCUT2D eigenvalue weighted by atomic mass is 10.3. The van der Waals surface area contributed by atoms with E-state index < -0.39 is 16.0 Å². The number of likely N-dealkylation sites (N-methyl/N-ethyl adjacent to an activating group) is 1. The highest BCUT2D eigenvalue weighted by Gasteiger charge is 2.23. The van der Waals surface area contributed by atoms with Crippen LogP contribution in [-0.4, -0.2) is 38.9 Å². The van der Waals surface area contributed by atoms with E-state index in [1.54, 1.807) is 24.3 Å². The Morgan fingerprint density at radius 3 is 2.28 bits per heavy atom. The highest BCUT2D eigenvalue weighted by molar-refractivity contribution is 7.89. The van der Waals surface area contributed by atoms with Crippen LogP contribution in [0.4, 0.5) is 0 Å². The van der Waals surface area contributed by atoms with Crippen LogP contribution in [-0.2, 0) is 19.6 Å². The molecule has 0 aliphatic rings. The van der Waals surface area contributed by atoms with Crippen LogP contribution < -0.4 is 4.74 Å². The van der Waals surface area contributed by atoms with Crippen molar-refractivity contribution in [1.82, 2.24) is 4.31 Å². The first-order valence-corrected chi connectivity index (χ1v) is 8.93. The third-order valence-corrected chi connectivity index (χ3v) is 5.04. The molecule has 2 aromatic carbocycles. The number of benzene rings is 2. The number of sulfonamides is 1. The van der Waals surface area contributed by atoms with Crippen molar-refractivity contribution in [3.8, 4) is 11.5 Å². The van der Waals surface area contributed by atoms with Crippen molar-refractivity contribution < 1.29 is 22.7 Å². The molecule has 0 aromatic heterocycles. The zero-order valence-corrected chi connectivity index (χ0v) is 14.6. The summed E-state index contributed by atoms with van der Waals surface area (Å²) in [6.07, 6.45) is 1.41. The van der Waals surface area contributed by atoms with E-state index in [9.17, 15) is 13.2 Å². The number of ether oxygens (including phenoxy) is 2. The molecule has 0 radical (unpaired) electrons. The standard InChI is InChI=1S/C18H19NO5S/c1-3-13-23-18(20)14-19(2)25(21,22)17-11-9-16(10-12-17)24-15-7-5-4-6-8-15/h3-12H,1,13-14H2,2H3. The van der Waals surface area contributed by atoms with Crippen LogP contribution in [0.15, 0.2) is 72.1 Å². The number of nitrogens with zero attached hydrogens (tertiary/aromatic N) is 1. The number of hydrogen-bond donors (Lipinski definition) is 0. The molecule has 0 saturated carbocycles. The summed E-state index contributed by atoms with van der Waals surface area (Å²) in [5.74, 6) is 0.522. The Hall–Kier alpha value is -2.64. The van der Waals surface area contributed by atoms with Crippen molar-refractivity contribution in [1.29, 1.82) is 0 Å². The SMILES string of the molecule is C=CCOC(=O)CN(C)S(=O)(=O)c1ccc(Oc2ccccc2)cc1. The molecule has 0 heterocycles. The first-order chi connectivity index (χ1) is 11.9. The summed E-state index contributed by atoms with van der Waals surface area (Å²) in [4.78, 5) is 11.6. The fourth-order valence-corrected chi connectivity index (χ4v) is 3.06. The zero-order chi connectivity index (χ0) is 18.3. The molecule has 0 saturated heterocycles. The quantitative estimate of drug-likeness (QED) is 0.534. The summed E-state index contributed by atoms with van der Waals surface area (Å²) in [7, 11) is -2.48. The Morgan fingerprint density at radius 1 is 1.08 bits per heavy atom. The van der Waals surface area contributed by atoms with E-state index in [1.165, 1.54) is 25.3 Å². The second-order valence-electron chi connectivity index (χ2n) is 5.12. The number of hydrogen-bond acceptors (Lipinski definition) is 5. The minimum Gasteiger partial charge on any atom is -0.460 e. The van der Waals surface area contributed by atoms with Gasteiger partial charge in [-0.3, -0.25) is 4.79 Å². The number of rotatable bonds is 8. The Kier molecular flexibility index (Phi) is 6.32. The molecule has 0 aliphatic carbocycles. The summed E-state index contributed by atoms with van der Waals surface area (Å²) in [5.41, 5.74) is 0. The third kappa shape index (κ3) is 5.17. The Labute approximate surface area is 147 Å². The van der Waals surface area contributed by atoms with E-state index in [4.69, 9.17) is 9.47 Å². The predicted octanol–water partition coefficient (Wildman–Crippen LogP) is 2.83. The van der Waals surface area contributed by atoms with E-state index in [-0.39, 0.29) is 18.0 Å². The van der Waals surface area contributed by atoms with Gasteiger partial charge in [-0.2, -0.15) is 4.31 Å². The van der Waals surface area contributed by atoms with Crippen LogP contribution in [0.3, 0.4) is 0 Å². The molecule has 2 rings (SSSR count). The van der Waals surface area contributed by atoms with Gasteiger partial charge < -0.3 is 9.47 Å². The van der Waals surface area contributed by atoms with Gasteiger partial charge in [-0.05, 0) is 36.4 Å². The lowest BCUT2D eigenvalue weighted by Gasteiger charge is -2.16. The molecule has 25 heavy (non-hydrogen) atoms. The highest BCUT2D eigenvalue weighted by atomic mass is 32.2. The van der Waals surface area contributed by atoms with Crippen LogP contribution in [0.2, 0.25) is 0 Å². The van der Waals surface area contributed by atoms with Gasteiger partial charge in [0.2, 0.25) is 10.0 Å². The van der Waals surface area contributed by atoms with Crippen LogP contribution in [0, 0.1) is 0 Å². The lowest BCUT2D eigenvalue weighted by molar-refractivity contribution is -0.142. The van der Waals surface area contributed by atoms with E-state index in [0.717, 1.165) is 4.31 Å². The molecular formula is C18H19NO5S. The zero-order valence-electron chi connectivity index (χ0n) is 13.8. The highest BCUT2D eigenvalue weighted by Crippen LogP contribution is 2.23. The summed E-state index contributed by atoms with van der Waals surface area (Å²) in [5, 5.41) is 0. The van der Waals surface area contributed by atoms with Crippen LogP contribution in [0.25, 0.3) is 0 Å². The van der Waals surface area contributed by atoms with Crippen LogP contribution in [0.5, 0.6) is 11.5 Å². The monoisotopic (exact) mass is 361 g/mol. The van der Waals surface area contributed by atoms with E-state index in [2.05, 4.69) is 6.58 Å². The van der Waals surface area contributed by atoms with Crippen molar-refractivity contribution >= 4 is 16.0 Å². The molecule has 0 bridgehead atoms. The fraction of sp³-hybridized carbons (Fsp3) is 0.167. The summed E-state index contributed by atoms with van der Waals surface area (Å²) < 4.78 is 36.3. The molecule has 2 aromatic rings. The smallest absolute Gasteiger partial charge is 0.321 e. The molecule has 0 spiro atoms. The molecule has 6 nitrogen and oxygen atoms in total. The number of para-hydroxylation sites is 1. The molecular weight excluding hydrogens is 342 g/mol. The lowest BCUT2D eigenvalue weighted by Crippen LogP contribution is -2.33. The van der Waals surface area contributed by atoms with Gasteiger partial charge in [0.15, 0.2) is 0 Å². The second kappa shape index (κ2) is 8.46. The van der Waals surface area contributed by atoms with Crippen molar-refractivity contribution in [2.24, 2.45) is 0 Å². The predicted molar refractivity (Wildman–Crippen MR) is 93.9 cm³/mol. The number of carbonyl (C=O) groups excluding carboxylic acids is 1. The van der Waals surface area contributed by atoms with Crippen molar-refractivity contribution in [3.63, 3.8) is 0 Å². The van der Waals surface area contributed by atoms with Crippen LogP contribution in [0.1, 0.15) is 0 Å². The largest absolute Gasteiger partial charge is 0.460 e. The fourth-order valence-electron chi connectivity index (χ4n) is 1.95. The minimum atomic E-state index is -3.80. The van der Waals surface area contributed by atoms with E-state index >= 15 is 0 Å². The molecule has 7 heteroatoms. The van der Waals surface area contributed by atoms with Crippen molar-refractivity contribution in [2.45, 2.75) is 4.90 Å². The topological polar surface area (TPSA) is 72.9 Å². The summed E-state index contributed by atoms with van der Waals surface area (Å²) in [6, 6.07) is 15.1. The van der Waals surface area contributed by atoms with E-state index in [0.29, 0.717) is 11.5 Å². The molecule has 0 N–H and O–H groups in total. The van der Waals surface area contributed by atoms with Gasteiger partial charge in [0, 0.05) is 7.05 Å². The van der Waals surface area contributed by atoms with E-state index in [1.807, 2.05) is 18.2 Å². The van der Waals surface area contributed by atoms with Gasteiger partial charge >= 0.3 is 5.97 Å². The average Bonchev–Trinajstić information content (AvgIpc) is 2.61. The summed E-state index contributed by atoms with van der Waals surface area (Å²) >= 11 is 0. The van der Waals surface area contributed by atoms with Gasteiger partial charge in [-0.1, -0.05) is 30.9 Å². The second-order valence-corrected chi connectivity index (χ2v) is 7.16. The maximum absolute atomic E-state index is 12.5. The first-order valence-electron chi connectivity index (χ1n) is 7.49. The molecule has 0 unspecified atom stereocenters. The van der Waals surface area contributed by atoms with Gasteiger partial charge in [-0.25, -0.2) is 8.42 Å². The average molecular weight is 361 g/mol. The van der Waals surface area contributed by atoms with Gasteiger partial charge in [-0.15, -0.1) is 0 Å². The normalized spacial score (nSPS) is 11.1. The molecule has 0 amide bonds. The summed E-state index contributed by atoms with van der Waals surface area (Å²) in [6.45, 7) is 3.09. The Bertz CT molecular complexity index is 816.